The number of hydrogen-bond donors (Lipinski definition) is 0. The molecule has 1 aliphatic rings. The smallest absolute Gasteiger partial charge is 0.269 e. The lowest BCUT2D eigenvalue weighted by molar-refractivity contribution is -0.384. The molecular weight excluding hydrogens is 356 g/mol. The molecule has 0 aromatic heterocycles. The molecule has 0 aliphatic carbocycles. The van der Waals surface area contributed by atoms with Crippen LogP contribution in [0.5, 0.6) is 0 Å². The Bertz CT molecular complexity index is 795. The highest BCUT2D eigenvalue weighted by Crippen LogP contribution is 2.19. The van der Waals surface area contributed by atoms with Crippen LogP contribution in [-0.4, -0.2) is 60.4 Å². The summed E-state index contributed by atoms with van der Waals surface area (Å²) < 4.78 is 0. The van der Waals surface area contributed by atoms with Crippen molar-refractivity contribution in [3.8, 4) is 0 Å². The number of rotatable bonds is 6. The molecule has 2 aromatic carbocycles. The number of nitro benzene ring substituents is 1. The summed E-state index contributed by atoms with van der Waals surface area (Å²) in [5, 5.41) is 10.8. The minimum atomic E-state index is -0.440. The quantitative estimate of drug-likeness (QED) is 0.568. The van der Waals surface area contributed by atoms with Crippen LogP contribution < -0.4 is 4.90 Å². The summed E-state index contributed by atoms with van der Waals surface area (Å²) >= 11 is 0. The molecular formula is C21H26N4O3. The van der Waals surface area contributed by atoms with Gasteiger partial charge in [0.15, 0.2) is 0 Å². The lowest BCUT2D eigenvalue weighted by atomic mass is 10.2. The van der Waals surface area contributed by atoms with E-state index in [4.69, 9.17) is 0 Å². The zero-order valence-electron chi connectivity index (χ0n) is 16.2. The van der Waals surface area contributed by atoms with Crippen molar-refractivity contribution in [1.29, 1.82) is 0 Å². The molecule has 0 spiro atoms. The number of nitro groups is 1. The number of non-ortho nitro benzene ring substituents is 1. The third-order valence-electron chi connectivity index (χ3n) is 5.11. The molecule has 0 saturated carbocycles. The van der Waals surface area contributed by atoms with E-state index in [0.29, 0.717) is 12.2 Å². The van der Waals surface area contributed by atoms with Gasteiger partial charge in [0, 0.05) is 44.5 Å². The highest BCUT2D eigenvalue weighted by Gasteiger charge is 2.20. The Kier molecular flexibility index (Phi) is 6.73. The van der Waals surface area contributed by atoms with Gasteiger partial charge in [-0.2, -0.15) is 0 Å². The first-order valence-electron chi connectivity index (χ1n) is 9.52. The van der Waals surface area contributed by atoms with Crippen molar-refractivity contribution in [2.45, 2.75) is 13.0 Å². The van der Waals surface area contributed by atoms with Crippen molar-refractivity contribution >= 4 is 17.3 Å². The molecule has 0 atom stereocenters. The number of amides is 1. The summed E-state index contributed by atoms with van der Waals surface area (Å²) in [6.45, 7) is 5.00. The maximum atomic E-state index is 12.7. The zero-order chi connectivity index (χ0) is 19.9. The lowest BCUT2D eigenvalue weighted by Gasteiger charge is -2.24. The summed E-state index contributed by atoms with van der Waals surface area (Å²) in [6.07, 6.45) is 1.03. The Morgan fingerprint density at radius 2 is 1.64 bits per heavy atom. The molecule has 3 rings (SSSR count). The molecule has 0 unspecified atom stereocenters. The van der Waals surface area contributed by atoms with Crippen molar-refractivity contribution in [3.05, 3.63) is 70.3 Å². The highest BCUT2D eigenvalue weighted by atomic mass is 16.6. The molecule has 1 saturated heterocycles. The topological polar surface area (TPSA) is 69.9 Å². The monoisotopic (exact) mass is 382 g/mol. The number of carbonyl (C=O) groups excluding carboxylic acids is 1. The van der Waals surface area contributed by atoms with E-state index in [0.717, 1.165) is 39.1 Å². The summed E-state index contributed by atoms with van der Waals surface area (Å²) in [6, 6.07) is 16.5. The van der Waals surface area contributed by atoms with Gasteiger partial charge in [-0.25, -0.2) is 0 Å². The van der Waals surface area contributed by atoms with E-state index in [1.54, 1.807) is 24.1 Å². The first-order chi connectivity index (χ1) is 13.5. The molecule has 0 radical (unpaired) electrons. The second-order valence-corrected chi connectivity index (χ2v) is 7.12. The van der Waals surface area contributed by atoms with E-state index < -0.39 is 4.92 Å². The largest absolute Gasteiger partial charge is 0.314 e. The fourth-order valence-corrected chi connectivity index (χ4v) is 3.42. The predicted molar refractivity (Wildman–Crippen MR) is 109 cm³/mol. The van der Waals surface area contributed by atoms with Gasteiger partial charge in [0.1, 0.15) is 0 Å². The van der Waals surface area contributed by atoms with E-state index in [2.05, 4.69) is 34.1 Å². The Morgan fingerprint density at radius 3 is 2.32 bits per heavy atom. The van der Waals surface area contributed by atoms with Crippen LogP contribution >= 0.6 is 0 Å². The van der Waals surface area contributed by atoms with Gasteiger partial charge in [-0.1, -0.05) is 30.3 Å². The molecule has 28 heavy (non-hydrogen) atoms. The maximum absolute atomic E-state index is 12.7. The van der Waals surface area contributed by atoms with Crippen LogP contribution in [0, 0.1) is 10.1 Å². The normalized spacial score (nSPS) is 15.8. The van der Waals surface area contributed by atoms with Gasteiger partial charge in [0.05, 0.1) is 11.5 Å². The van der Waals surface area contributed by atoms with E-state index in [1.807, 2.05) is 6.07 Å². The average Bonchev–Trinajstić information content (AvgIpc) is 2.93. The van der Waals surface area contributed by atoms with Crippen molar-refractivity contribution in [2.24, 2.45) is 0 Å². The van der Waals surface area contributed by atoms with E-state index >= 15 is 0 Å². The molecule has 148 valence electrons. The Balaban J connectivity index is 1.51. The standard InChI is InChI=1S/C21H26N4O3/c1-22(19-8-10-20(11-9-19)25(27)28)21(26)17-24-13-5-12-23(14-15-24)16-18-6-3-2-4-7-18/h2-4,6-11H,5,12-17H2,1H3. The number of nitrogens with zero attached hydrogens (tertiary/aromatic N) is 4. The van der Waals surface area contributed by atoms with Crippen LogP contribution in [0.4, 0.5) is 11.4 Å². The van der Waals surface area contributed by atoms with E-state index in [-0.39, 0.29) is 11.6 Å². The summed E-state index contributed by atoms with van der Waals surface area (Å²) in [4.78, 5) is 29.2. The lowest BCUT2D eigenvalue weighted by Crippen LogP contribution is -2.40. The fraction of sp³-hybridized carbons (Fsp3) is 0.381. The highest BCUT2D eigenvalue weighted by molar-refractivity contribution is 5.94. The van der Waals surface area contributed by atoms with Crippen LogP contribution in [0.1, 0.15) is 12.0 Å². The molecule has 7 nitrogen and oxygen atoms in total. The molecule has 7 heteroatoms. The van der Waals surface area contributed by atoms with Crippen LogP contribution in [0.25, 0.3) is 0 Å². The summed E-state index contributed by atoms with van der Waals surface area (Å²) in [5.41, 5.74) is 2.00. The van der Waals surface area contributed by atoms with Crippen LogP contribution in [0.3, 0.4) is 0 Å². The Labute approximate surface area is 165 Å². The Morgan fingerprint density at radius 1 is 1.00 bits per heavy atom. The minimum Gasteiger partial charge on any atom is -0.314 e. The number of anilines is 1. The summed E-state index contributed by atoms with van der Waals surface area (Å²) in [5.74, 6) is -0.00892. The second-order valence-electron chi connectivity index (χ2n) is 7.12. The number of carbonyl (C=O) groups is 1. The summed E-state index contributed by atoms with van der Waals surface area (Å²) in [7, 11) is 1.71. The van der Waals surface area contributed by atoms with Gasteiger partial charge >= 0.3 is 0 Å². The van der Waals surface area contributed by atoms with Crippen LogP contribution in [-0.2, 0) is 11.3 Å². The molecule has 2 aromatic rings. The molecule has 1 fully saturated rings. The van der Waals surface area contributed by atoms with Gasteiger partial charge in [0.2, 0.25) is 5.91 Å². The first-order valence-corrected chi connectivity index (χ1v) is 9.52. The van der Waals surface area contributed by atoms with Gasteiger partial charge in [-0.15, -0.1) is 0 Å². The van der Waals surface area contributed by atoms with Gasteiger partial charge in [-0.3, -0.25) is 24.7 Å². The Hall–Kier alpha value is -2.77. The van der Waals surface area contributed by atoms with Crippen molar-refractivity contribution in [1.82, 2.24) is 9.80 Å². The number of hydrogen-bond acceptors (Lipinski definition) is 5. The predicted octanol–water partition coefficient (Wildman–Crippen LogP) is 2.77. The number of benzene rings is 2. The SMILES string of the molecule is CN(C(=O)CN1CCCN(Cc2ccccc2)CC1)c1ccc([N+](=O)[O-])cc1. The maximum Gasteiger partial charge on any atom is 0.269 e. The number of likely N-dealkylation sites (N-methyl/N-ethyl adjacent to an activating group) is 1. The average molecular weight is 382 g/mol. The molecule has 1 heterocycles. The van der Waals surface area contributed by atoms with E-state index in [1.165, 1.54) is 17.7 Å². The fourth-order valence-electron chi connectivity index (χ4n) is 3.42. The van der Waals surface area contributed by atoms with Crippen LogP contribution in [0.15, 0.2) is 54.6 Å². The van der Waals surface area contributed by atoms with Crippen molar-refractivity contribution in [2.75, 3.05) is 44.7 Å². The first kappa shape index (κ1) is 20.0. The third-order valence-corrected chi connectivity index (χ3v) is 5.11. The molecule has 0 bridgehead atoms. The van der Waals surface area contributed by atoms with Crippen molar-refractivity contribution in [3.63, 3.8) is 0 Å². The van der Waals surface area contributed by atoms with Gasteiger partial charge < -0.3 is 4.90 Å². The van der Waals surface area contributed by atoms with Crippen LogP contribution in [0.2, 0.25) is 0 Å². The third kappa shape index (κ3) is 5.37. The second kappa shape index (κ2) is 9.43. The zero-order valence-corrected chi connectivity index (χ0v) is 16.2. The molecule has 1 aliphatic heterocycles. The molecule has 1 amide bonds. The van der Waals surface area contributed by atoms with Gasteiger partial charge in [-0.05, 0) is 37.2 Å². The minimum absolute atomic E-state index is 0.00892. The molecule has 0 N–H and O–H groups in total. The van der Waals surface area contributed by atoms with Crippen molar-refractivity contribution < 1.29 is 9.72 Å². The van der Waals surface area contributed by atoms with Gasteiger partial charge in [0.25, 0.3) is 5.69 Å². The van der Waals surface area contributed by atoms with E-state index in [9.17, 15) is 14.9 Å².